The molecule has 102 valence electrons. The van der Waals surface area contributed by atoms with Gasteiger partial charge in [0.1, 0.15) is 0 Å². The number of hydrogen-bond acceptors (Lipinski definition) is 3. The highest BCUT2D eigenvalue weighted by Gasteiger charge is 2.21. The van der Waals surface area contributed by atoms with Crippen LogP contribution in [0.5, 0.6) is 0 Å². The topological polar surface area (TPSA) is 75.4 Å². The van der Waals surface area contributed by atoms with E-state index in [1.54, 1.807) is 4.90 Å². The van der Waals surface area contributed by atoms with Crippen LogP contribution in [0.1, 0.15) is 31.2 Å². The molecule has 5 heteroatoms. The van der Waals surface area contributed by atoms with E-state index in [1.807, 2.05) is 18.2 Å². The second kappa shape index (κ2) is 6.33. The zero-order valence-electron chi connectivity index (χ0n) is 10.9. The Morgan fingerprint density at radius 1 is 1.32 bits per heavy atom. The van der Waals surface area contributed by atoms with Gasteiger partial charge in [-0.05, 0) is 30.9 Å². The lowest BCUT2D eigenvalue weighted by Gasteiger charge is -2.22. The van der Waals surface area contributed by atoms with Crippen LogP contribution in [0, 0.1) is 0 Å². The molecule has 1 heterocycles. The van der Waals surface area contributed by atoms with Crippen LogP contribution in [0.3, 0.4) is 0 Å². The van der Waals surface area contributed by atoms with Gasteiger partial charge in [-0.1, -0.05) is 18.2 Å². The molecule has 2 amide bonds. The van der Waals surface area contributed by atoms with Crippen LogP contribution in [0.15, 0.2) is 24.3 Å². The van der Waals surface area contributed by atoms with Gasteiger partial charge in [0, 0.05) is 25.1 Å². The standard InChI is InChI=1S/C14H19N3O2/c15-16-13(18)8-4-10-17-12-7-2-1-5-11(12)6-3-9-14(17)19/h1-2,5,7H,3-4,6,8-10,15H2,(H,16,18). The fourth-order valence-corrected chi connectivity index (χ4v) is 2.40. The molecule has 1 aromatic rings. The lowest BCUT2D eigenvalue weighted by Crippen LogP contribution is -2.33. The minimum Gasteiger partial charge on any atom is -0.312 e. The van der Waals surface area contributed by atoms with Gasteiger partial charge in [0.15, 0.2) is 0 Å². The first-order chi connectivity index (χ1) is 9.22. The van der Waals surface area contributed by atoms with Gasteiger partial charge >= 0.3 is 0 Å². The third kappa shape index (κ3) is 3.32. The van der Waals surface area contributed by atoms with Crippen molar-refractivity contribution < 1.29 is 9.59 Å². The largest absolute Gasteiger partial charge is 0.312 e. The highest BCUT2D eigenvalue weighted by molar-refractivity contribution is 5.94. The molecule has 0 aliphatic carbocycles. The molecule has 19 heavy (non-hydrogen) atoms. The van der Waals surface area contributed by atoms with E-state index >= 15 is 0 Å². The number of hydrogen-bond donors (Lipinski definition) is 2. The van der Waals surface area contributed by atoms with Crippen molar-refractivity contribution in [2.75, 3.05) is 11.4 Å². The van der Waals surface area contributed by atoms with Crippen molar-refractivity contribution in [2.24, 2.45) is 5.84 Å². The summed E-state index contributed by atoms with van der Waals surface area (Å²) >= 11 is 0. The van der Waals surface area contributed by atoms with E-state index in [9.17, 15) is 9.59 Å². The van der Waals surface area contributed by atoms with Crippen molar-refractivity contribution in [2.45, 2.75) is 32.1 Å². The fraction of sp³-hybridized carbons (Fsp3) is 0.429. The second-order valence-electron chi connectivity index (χ2n) is 4.70. The normalized spacial score (nSPS) is 14.8. The van der Waals surface area contributed by atoms with Crippen LogP contribution < -0.4 is 16.2 Å². The molecule has 1 aromatic carbocycles. The van der Waals surface area contributed by atoms with Gasteiger partial charge < -0.3 is 4.90 Å². The minimum absolute atomic E-state index is 0.137. The number of fused-ring (bicyclic) bond motifs is 1. The molecule has 0 fully saturated rings. The molecule has 0 unspecified atom stereocenters. The molecular weight excluding hydrogens is 242 g/mol. The number of nitrogens with zero attached hydrogens (tertiary/aromatic N) is 1. The molecule has 1 aliphatic heterocycles. The number of hydrazine groups is 1. The maximum Gasteiger partial charge on any atom is 0.233 e. The number of rotatable bonds is 4. The number of nitrogens with one attached hydrogen (secondary N) is 1. The van der Waals surface area contributed by atoms with Gasteiger partial charge in [0.25, 0.3) is 0 Å². The van der Waals surface area contributed by atoms with E-state index in [-0.39, 0.29) is 11.8 Å². The summed E-state index contributed by atoms with van der Waals surface area (Å²) in [4.78, 5) is 25.0. The molecule has 0 saturated carbocycles. The molecule has 0 atom stereocenters. The van der Waals surface area contributed by atoms with Gasteiger partial charge in [-0.3, -0.25) is 15.0 Å². The van der Waals surface area contributed by atoms with Crippen molar-refractivity contribution in [3.8, 4) is 0 Å². The van der Waals surface area contributed by atoms with Crippen molar-refractivity contribution >= 4 is 17.5 Å². The third-order valence-corrected chi connectivity index (χ3v) is 3.37. The Bertz CT molecular complexity index is 474. The number of anilines is 1. The molecular formula is C14H19N3O2. The summed E-state index contributed by atoms with van der Waals surface area (Å²) in [6, 6.07) is 7.97. The van der Waals surface area contributed by atoms with Crippen molar-refractivity contribution in [1.29, 1.82) is 0 Å². The lowest BCUT2D eigenvalue weighted by atomic mass is 10.1. The van der Waals surface area contributed by atoms with E-state index < -0.39 is 0 Å². The molecule has 5 nitrogen and oxygen atoms in total. The molecule has 1 aliphatic rings. The molecule has 0 bridgehead atoms. The third-order valence-electron chi connectivity index (χ3n) is 3.37. The predicted molar refractivity (Wildman–Crippen MR) is 73.3 cm³/mol. The van der Waals surface area contributed by atoms with Gasteiger partial charge in [-0.2, -0.15) is 0 Å². The lowest BCUT2D eigenvalue weighted by molar-refractivity contribution is -0.122. The zero-order chi connectivity index (χ0) is 13.7. The average molecular weight is 261 g/mol. The predicted octanol–water partition coefficient (Wildman–Crippen LogP) is 1.13. The molecule has 0 saturated heterocycles. The maximum atomic E-state index is 12.1. The first kappa shape index (κ1) is 13.5. The van der Waals surface area contributed by atoms with Crippen LogP contribution >= 0.6 is 0 Å². The van der Waals surface area contributed by atoms with Gasteiger partial charge in [0.05, 0.1) is 0 Å². The van der Waals surface area contributed by atoms with E-state index in [2.05, 4.69) is 11.5 Å². The van der Waals surface area contributed by atoms with Crippen molar-refractivity contribution in [1.82, 2.24) is 5.43 Å². The first-order valence-corrected chi connectivity index (χ1v) is 6.60. The summed E-state index contributed by atoms with van der Waals surface area (Å²) in [5.74, 6) is 4.98. The average Bonchev–Trinajstić information content (AvgIpc) is 2.58. The Hall–Kier alpha value is -1.88. The molecule has 0 spiro atoms. The number of para-hydroxylation sites is 1. The minimum atomic E-state index is -0.199. The SMILES string of the molecule is NNC(=O)CCCN1C(=O)CCCc2ccccc21. The maximum absolute atomic E-state index is 12.1. The summed E-state index contributed by atoms with van der Waals surface area (Å²) in [5.41, 5.74) is 4.29. The van der Waals surface area contributed by atoms with Crippen molar-refractivity contribution in [3.05, 3.63) is 29.8 Å². The second-order valence-corrected chi connectivity index (χ2v) is 4.70. The fourth-order valence-electron chi connectivity index (χ4n) is 2.40. The van der Waals surface area contributed by atoms with Crippen LogP contribution in [0.2, 0.25) is 0 Å². The summed E-state index contributed by atoms with van der Waals surface area (Å²) in [6.07, 6.45) is 3.33. The Balaban J connectivity index is 2.08. The number of benzene rings is 1. The number of amides is 2. The number of carbonyl (C=O) groups excluding carboxylic acids is 2. The Morgan fingerprint density at radius 3 is 2.89 bits per heavy atom. The Labute approximate surface area is 112 Å². The number of carbonyl (C=O) groups is 2. The zero-order valence-corrected chi connectivity index (χ0v) is 10.9. The highest BCUT2D eigenvalue weighted by atomic mass is 16.2. The molecule has 2 rings (SSSR count). The number of nitrogens with two attached hydrogens (primary N) is 1. The van der Waals surface area contributed by atoms with Crippen molar-refractivity contribution in [3.63, 3.8) is 0 Å². The monoisotopic (exact) mass is 261 g/mol. The highest BCUT2D eigenvalue weighted by Crippen LogP contribution is 2.26. The first-order valence-electron chi connectivity index (χ1n) is 6.60. The van der Waals surface area contributed by atoms with E-state index in [4.69, 9.17) is 5.84 Å². The molecule has 0 aromatic heterocycles. The van der Waals surface area contributed by atoms with Gasteiger partial charge in [-0.15, -0.1) is 0 Å². The van der Waals surface area contributed by atoms with Gasteiger partial charge in [-0.25, -0.2) is 5.84 Å². The van der Waals surface area contributed by atoms with E-state index in [0.29, 0.717) is 25.8 Å². The summed E-state index contributed by atoms with van der Waals surface area (Å²) in [5, 5.41) is 0. The van der Waals surface area contributed by atoms with Crippen LogP contribution in [-0.2, 0) is 16.0 Å². The summed E-state index contributed by atoms with van der Waals surface area (Å²) < 4.78 is 0. The smallest absolute Gasteiger partial charge is 0.233 e. The summed E-state index contributed by atoms with van der Waals surface area (Å²) in [7, 11) is 0. The summed E-state index contributed by atoms with van der Waals surface area (Å²) in [6.45, 7) is 0.559. The van der Waals surface area contributed by atoms with Crippen LogP contribution in [0.4, 0.5) is 5.69 Å². The molecule has 3 N–H and O–H groups in total. The van der Waals surface area contributed by atoms with Crippen LogP contribution in [0.25, 0.3) is 0 Å². The van der Waals surface area contributed by atoms with E-state index in [0.717, 1.165) is 18.5 Å². The molecule has 0 radical (unpaired) electrons. The quantitative estimate of drug-likeness (QED) is 0.484. The van der Waals surface area contributed by atoms with Crippen LogP contribution in [-0.4, -0.2) is 18.4 Å². The Morgan fingerprint density at radius 2 is 2.11 bits per heavy atom. The van der Waals surface area contributed by atoms with E-state index in [1.165, 1.54) is 5.56 Å². The number of aryl methyl sites for hydroxylation is 1. The van der Waals surface area contributed by atoms with Gasteiger partial charge in [0.2, 0.25) is 11.8 Å². The Kier molecular flexibility index (Phi) is 4.52.